The van der Waals surface area contributed by atoms with Gasteiger partial charge in [-0.15, -0.1) is 0 Å². The van der Waals surface area contributed by atoms with Gasteiger partial charge in [0.2, 0.25) is 5.95 Å². The topological polar surface area (TPSA) is 82.3 Å². The van der Waals surface area contributed by atoms with E-state index in [4.69, 9.17) is 10.00 Å². The minimum Gasteiger partial charge on any atom is -0.444 e. The molecule has 1 aromatic rings. The maximum Gasteiger partial charge on any atom is 0.419 e. The zero-order valence-corrected chi connectivity index (χ0v) is 14.7. The van der Waals surface area contributed by atoms with Gasteiger partial charge in [-0.3, -0.25) is 0 Å². The lowest BCUT2D eigenvalue weighted by atomic mass is 10.1. The molecule has 1 amide bonds. The first kappa shape index (κ1) is 19.8. The van der Waals surface area contributed by atoms with Gasteiger partial charge in [0, 0.05) is 32.0 Å². The molecule has 2 heterocycles. The molecule has 0 saturated carbocycles. The number of amides is 1. The molecule has 1 aliphatic heterocycles. The molecule has 10 heteroatoms. The van der Waals surface area contributed by atoms with E-state index in [0.29, 0.717) is 6.54 Å². The predicted octanol–water partition coefficient (Wildman–Crippen LogP) is 2.83. The number of anilines is 1. The van der Waals surface area contributed by atoms with Crippen LogP contribution in [0.2, 0.25) is 0 Å². The van der Waals surface area contributed by atoms with Crippen molar-refractivity contribution in [3.8, 4) is 6.07 Å². The SMILES string of the molecule is CC(C)(C)OC(=O)N1CCN(c2ncc(C(F)(F)F)cn2)C[C@H]1CC#N. The molecule has 0 aromatic carbocycles. The van der Waals surface area contributed by atoms with Crippen LogP contribution in [0.15, 0.2) is 12.4 Å². The summed E-state index contributed by atoms with van der Waals surface area (Å²) in [6.45, 7) is 6.06. The number of hydrogen-bond donors (Lipinski definition) is 0. The summed E-state index contributed by atoms with van der Waals surface area (Å²) in [5, 5.41) is 9.03. The Balaban J connectivity index is 2.12. The molecule has 0 radical (unpaired) electrons. The average molecular weight is 371 g/mol. The maximum absolute atomic E-state index is 12.6. The highest BCUT2D eigenvalue weighted by molar-refractivity contribution is 5.69. The monoisotopic (exact) mass is 371 g/mol. The highest BCUT2D eigenvalue weighted by Gasteiger charge is 2.35. The molecule has 7 nitrogen and oxygen atoms in total. The van der Waals surface area contributed by atoms with Crippen LogP contribution in [0.5, 0.6) is 0 Å². The largest absolute Gasteiger partial charge is 0.444 e. The van der Waals surface area contributed by atoms with Crippen LogP contribution in [-0.4, -0.2) is 52.2 Å². The summed E-state index contributed by atoms with van der Waals surface area (Å²) in [6, 6.07) is 1.56. The maximum atomic E-state index is 12.6. The van der Waals surface area contributed by atoms with Crippen molar-refractivity contribution in [2.75, 3.05) is 24.5 Å². The molecule has 1 aromatic heterocycles. The molecule has 1 atom stereocenters. The van der Waals surface area contributed by atoms with Crippen LogP contribution in [0.1, 0.15) is 32.8 Å². The van der Waals surface area contributed by atoms with Crippen molar-refractivity contribution >= 4 is 12.0 Å². The second kappa shape index (κ2) is 7.35. The lowest BCUT2D eigenvalue weighted by Gasteiger charge is -2.40. The average Bonchev–Trinajstić information content (AvgIpc) is 2.53. The Bertz CT molecular complexity index is 679. The first-order valence-corrected chi connectivity index (χ1v) is 8.02. The fourth-order valence-electron chi connectivity index (χ4n) is 2.51. The van der Waals surface area contributed by atoms with Gasteiger partial charge in [-0.05, 0) is 20.8 Å². The van der Waals surface area contributed by atoms with E-state index in [2.05, 4.69) is 9.97 Å². The Labute approximate surface area is 149 Å². The van der Waals surface area contributed by atoms with Gasteiger partial charge in [0.15, 0.2) is 0 Å². The second-order valence-corrected chi connectivity index (χ2v) is 6.91. The zero-order valence-electron chi connectivity index (χ0n) is 14.7. The Morgan fingerprint density at radius 3 is 2.42 bits per heavy atom. The van der Waals surface area contributed by atoms with Crippen LogP contribution in [0.3, 0.4) is 0 Å². The molecule has 0 aliphatic carbocycles. The van der Waals surface area contributed by atoms with E-state index < -0.39 is 29.5 Å². The highest BCUT2D eigenvalue weighted by Crippen LogP contribution is 2.28. The quantitative estimate of drug-likeness (QED) is 0.795. The number of alkyl halides is 3. The van der Waals surface area contributed by atoms with Crippen LogP contribution in [0.4, 0.5) is 23.9 Å². The summed E-state index contributed by atoms with van der Waals surface area (Å²) < 4.78 is 43.2. The summed E-state index contributed by atoms with van der Waals surface area (Å²) >= 11 is 0. The molecular formula is C16H20F3N5O2. The van der Waals surface area contributed by atoms with E-state index >= 15 is 0 Å². The van der Waals surface area contributed by atoms with Crippen molar-refractivity contribution in [1.29, 1.82) is 5.26 Å². The smallest absolute Gasteiger partial charge is 0.419 e. The third kappa shape index (κ3) is 4.97. The molecule has 0 bridgehead atoms. The van der Waals surface area contributed by atoms with Crippen LogP contribution >= 0.6 is 0 Å². The van der Waals surface area contributed by atoms with Gasteiger partial charge >= 0.3 is 12.3 Å². The Morgan fingerprint density at radius 2 is 1.92 bits per heavy atom. The summed E-state index contributed by atoms with van der Waals surface area (Å²) in [4.78, 5) is 23.0. The Hall–Kier alpha value is -2.57. The van der Waals surface area contributed by atoms with Crippen molar-refractivity contribution in [3.05, 3.63) is 18.0 Å². The number of nitriles is 1. The Morgan fingerprint density at radius 1 is 1.31 bits per heavy atom. The summed E-state index contributed by atoms with van der Waals surface area (Å²) in [5.74, 6) is 0.129. The standard InChI is InChI=1S/C16H20F3N5O2/c1-15(2,3)26-14(25)24-7-6-23(10-12(24)4-5-20)13-21-8-11(9-22-13)16(17,18)19/h8-9,12H,4,6-7,10H2,1-3H3/t12-/m1/s1. The first-order valence-electron chi connectivity index (χ1n) is 8.02. The fourth-order valence-corrected chi connectivity index (χ4v) is 2.51. The zero-order chi connectivity index (χ0) is 19.5. The first-order chi connectivity index (χ1) is 12.0. The number of piperazine rings is 1. The summed E-state index contributed by atoms with van der Waals surface area (Å²) in [7, 11) is 0. The molecule has 0 N–H and O–H groups in total. The van der Waals surface area contributed by atoms with E-state index in [9.17, 15) is 18.0 Å². The van der Waals surface area contributed by atoms with E-state index in [1.54, 1.807) is 25.7 Å². The van der Waals surface area contributed by atoms with E-state index in [1.165, 1.54) is 4.90 Å². The van der Waals surface area contributed by atoms with E-state index in [1.807, 2.05) is 6.07 Å². The van der Waals surface area contributed by atoms with Gasteiger partial charge < -0.3 is 14.5 Å². The number of aromatic nitrogens is 2. The van der Waals surface area contributed by atoms with Gasteiger partial charge in [0.1, 0.15) is 5.60 Å². The Kier molecular flexibility index (Phi) is 5.59. The number of halogens is 3. The van der Waals surface area contributed by atoms with Gasteiger partial charge in [0.05, 0.1) is 24.1 Å². The third-order valence-corrected chi connectivity index (χ3v) is 3.69. The molecule has 2 rings (SSSR count). The van der Waals surface area contributed by atoms with Crippen LogP contribution in [0.25, 0.3) is 0 Å². The third-order valence-electron chi connectivity index (χ3n) is 3.69. The van der Waals surface area contributed by atoms with Crippen molar-refractivity contribution < 1.29 is 22.7 Å². The van der Waals surface area contributed by atoms with Crippen LogP contribution in [0, 0.1) is 11.3 Å². The molecule has 1 aliphatic rings. The minimum absolute atomic E-state index is 0.0659. The van der Waals surface area contributed by atoms with Gasteiger partial charge in [-0.25, -0.2) is 14.8 Å². The van der Waals surface area contributed by atoms with Crippen molar-refractivity contribution in [1.82, 2.24) is 14.9 Å². The minimum atomic E-state index is -4.50. The molecule has 142 valence electrons. The van der Waals surface area contributed by atoms with Crippen molar-refractivity contribution in [2.24, 2.45) is 0 Å². The molecule has 0 unspecified atom stereocenters. The number of carbonyl (C=O) groups is 1. The van der Waals surface area contributed by atoms with Crippen molar-refractivity contribution in [2.45, 2.75) is 45.0 Å². The number of nitrogens with zero attached hydrogens (tertiary/aromatic N) is 5. The van der Waals surface area contributed by atoms with Gasteiger partial charge in [-0.2, -0.15) is 18.4 Å². The fraction of sp³-hybridized carbons (Fsp3) is 0.625. The highest BCUT2D eigenvalue weighted by atomic mass is 19.4. The van der Waals surface area contributed by atoms with Gasteiger partial charge in [0.25, 0.3) is 0 Å². The number of carbonyl (C=O) groups excluding carboxylic acids is 1. The lowest BCUT2D eigenvalue weighted by molar-refractivity contribution is -0.138. The summed E-state index contributed by atoms with van der Waals surface area (Å²) in [5.41, 5.74) is -1.59. The molecule has 1 saturated heterocycles. The molecular weight excluding hydrogens is 351 g/mol. The summed E-state index contributed by atoms with van der Waals surface area (Å²) in [6.07, 6.45) is -3.51. The number of rotatable bonds is 2. The number of ether oxygens (including phenoxy) is 1. The second-order valence-electron chi connectivity index (χ2n) is 6.91. The normalized spacial score (nSPS) is 18.4. The lowest BCUT2D eigenvalue weighted by Crippen LogP contribution is -2.56. The molecule has 0 spiro atoms. The van der Waals surface area contributed by atoms with Crippen molar-refractivity contribution in [3.63, 3.8) is 0 Å². The van der Waals surface area contributed by atoms with E-state index in [-0.39, 0.29) is 25.5 Å². The van der Waals surface area contributed by atoms with Gasteiger partial charge in [-0.1, -0.05) is 0 Å². The van der Waals surface area contributed by atoms with Crippen LogP contribution in [-0.2, 0) is 10.9 Å². The predicted molar refractivity (Wildman–Crippen MR) is 86.2 cm³/mol. The molecule has 1 fully saturated rings. The van der Waals surface area contributed by atoms with E-state index in [0.717, 1.165) is 12.4 Å². The van der Waals surface area contributed by atoms with Crippen LogP contribution < -0.4 is 4.90 Å². The molecule has 26 heavy (non-hydrogen) atoms. The number of hydrogen-bond acceptors (Lipinski definition) is 6.